The average molecular weight is 489 g/mol. The number of alkyl halides is 3. The Morgan fingerprint density at radius 3 is 2.65 bits per heavy atom. The third-order valence-electron chi connectivity index (χ3n) is 5.16. The maximum Gasteiger partial charge on any atom is 0.420 e. The molecule has 0 radical (unpaired) electrons. The predicted molar refractivity (Wildman–Crippen MR) is 119 cm³/mol. The number of nitrogens with zero attached hydrogens (tertiary/aromatic N) is 3. The highest BCUT2D eigenvalue weighted by atomic mass is 32.2. The van der Waals surface area contributed by atoms with E-state index < -0.39 is 29.5 Å². The molecule has 1 N–H and O–H groups in total. The van der Waals surface area contributed by atoms with Crippen molar-refractivity contribution in [1.29, 1.82) is 5.26 Å². The lowest BCUT2D eigenvalue weighted by Crippen LogP contribution is -2.26. The van der Waals surface area contributed by atoms with E-state index in [0.717, 1.165) is 12.1 Å². The number of ether oxygens (including phenoxy) is 2. The number of aliphatic hydroxyl groups is 1. The van der Waals surface area contributed by atoms with Crippen molar-refractivity contribution in [3.05, 3.63) is 58.0 Å². The minimum Gasteiger partial charge on any atom is -0.493 e. The van der Waals surface area contributed by atoms with Gasteiger partial charge in [-0.15, -0.1) is 0 Å². The number of benzene rings is 2. The van der Waals surface area contributed by atoms with Crippen molar-refractivity contribution >= 4 is 28.9 Å². The number of halogens is 3. The summed E-state index contributed by atoms with van der Waals surface area (Å²) >= 11 is 1.19. The summed E-state index contributed by atoms with van der Waals surface area (Å²) in [5.41, 5.74) is -0.657. The maximum absolute atomic E-state index is 13.5. The summed E-state index contributed by atoms with van der Waals surface area (Å²) in [6.07, 6.45) is -2.95. The van der Waals surface area contributed by atoms with Gasteiger partial charge in [0.2, 0.25) is 0 Å². The zero-order valence-corrected chi connectivity index (χ0v) is 18.6. The molecule has 0 bridgehead atoms. The third kappa shape index (κ3) is 5.03. The SMILES string of the molecule is COc1cc(C=C2SC(N3CCC(O)C3)=NC2=O)ccc1Oc1ccc(C#N)cc1C(F)(F)F. The number of likely N-dealkylation sites (tertiary alicyclic amines) is 1. The number of thioether (sulfide) groups is 1. The molecule has 2 aliphatic heterocycles. The van der Waals surface area contributed by atoms with Gasteiger partial charge in [0.05, 0.1) is 35.3 Å². The minimum atomic E-state index is -4.72. The van der Waals surface area contributed by atoms with E-state index in [-0.39, 0.29) is 17.1 Å². The first-order chi connectivity index (χ1) is 16.2. The number of hydrogen-bond acceptors (Lipinski definition) is 7. The van der Waals surface area contributed by atoms with Crippen LogP contribution in [0.5, 0.6) is 17.2 Å². The zero-order chi connectivity index (χ0) is 24.5. The average Bonchev–Trinajstić information content (AvgIpc) is 3.39. The van der Waals surface area contributed by atoms with Crippen molar-refractivity contribution in [2.24, 2.45) is 4.99 Å². The molecule has 1 atom stereocenters. The van der Waals surface area contributed by atoms with Crippen LogP contribution in [0.25, 0.3) is 6.08 Å². The van der Waals surface area contributed by atoms with Gasteiger partial charge in [-0.3, -0.25) is 4.79 Å². The second-order valence-corrected chi connectivity index (χ2v) is 8.54. The standard InChI is InChI=1S/C23H18F3N3O4S/c1-32-19-9-13(10-20-21(31)28-22(34-20)29-7-6-15(30)12-29)2-5-18(19)33-17-4-3-14(11-27)8-16(17)23(24,25)26/h2-5,8-10,15,30H,6-7,12H2,1H3. The molecule has 2 heterocycles. The quantitative estimate of drug-likeness (QED) is 0.636. The topological polar surface area (TPSA) is 95.2 Å². The monoisotopic (exact) mass is 489 g/mol. The largest absolute Gasteiger partial charge is 0.493 e. The molecule has 0 aliphatic carbocycles. The second-order valence-electron chi connectivity index (χ2n) is 7.53. The first-order valence-electron chi connectivity index (χ1n) is 10.1. The highest BCUT2D eigenvalue weighted by molar-refractivity contribution is 8.18. The van der Waals surface area contributed by atoms with E-state index in [1.807, 2.05) is 4.90 Å². The number of aliphatic imine (C=N–C) groups is 1. The van der Waals surface area contributed by atoms with E-state index in [1.165, 1.54) is 37.1 Å². The van der Waals surface area contributed by atoms with Crippen molar-refractivity contribution in [3.8, 4) is 23.3 Å². The Morgan fingerprint density at radius 1 is 1.24 bits per heavy atom. The number of aliphatic hydroxyl groups excluding tert-OH is 1. The molecule has 2 aromatic carbocycles. The molecule has 7 nitrogen and oxygen atoms in total. The maximum atomic E-state index is 13.5. The van der Waals surface area contributed by atoms with Gasteiger partial charge >= 0.3 is 6.18 Å². The van der Waals surface area contributed by atoms with Crippen LogP contribution in [0.1, 0.15) is 23.1 Å². The predicted octanol–water partition coefficient (Wildman–Crippen LogP) is 4.41. The van der Waals surface area contributed by atoms with Crippen molar-refractivity contribution in [1.82, 2.24) is 4.90 Å². The van der Waals surface area contributed by atoms with Crippen LogP contribution >= 0.6 is 11.8 Å². The van der Waals surface area contributed by atoms with E-state index >= 15 is 0 Å². The van der Waals surface area contributed by atoms with E-state index in [4.69, 9.17) is 14.7 Å². The molecular formula is C23H18F3N3O4S. The number of amides is 1. The number of nitriles is 1. The number of amidine groups is 1. The van der Waals surface area contributed by atoms with E-state index in [0.29, 0.717) is 35.1 Å². The van der Waals surface area contributed by atoms with Crippen LogP contribution in [0, 0.1) is 11.3 Å². The van der Waals surface area contributed by atoms with Gasteiger partial charge in [0.25, 0.3) is 5.91 Å². The van der Waals surface area contributed by atoms with Crippen LogP contribution in [0.15, 0.2) is 46.3 Å². The molecule has 2 aliphatic rings. The van der Waals surface area contributed by atoms with Crippen molar-refractivity contribution in [2.45, 2.75) is 18.7 Å². The Balaban J connectivity index is 1.57. The molecule has 0 spiro atoms. The van der Waals surface area contributed by atoms with Crippen LogP contribution in [-0.4, -0.2) is 47.4 Å². The molecule has 2 aromatic rings. The third-order valence-corrected chi connectivity index (χ3v) is 6.21. The van der Waals surface area contributed by atoms with E-state index in [9.17, 15) is 23.1 Å². The number of β-amino-alcohol motifs (C(OH)–C–C–N with tert-alkyl or cyclic N) is 1. The Morgan fingerprint density at radius 2 is 2.00 bits per heavy atom. The summed E-state index contributed by atoms with van der Waals surface area (Å²) in [6, 6.07) is 9.26. The summed E-state index contributed by atoms with van der Waals surface area (Å²) in [4.78, 5) is 18.6. The zero-order valence-electron chi connectivity index (χ0n) is 17.8. The van der Waals surface area contributed by atoms with Crippen LogP contribution in [0.3, 0.4) is 0 Å². The molecule has 0 aromatic heterocycles. The lowest BCUT2D eigenvalue weighted by Gasteiger charge is -2.16. The van der Waals surface area contributed by atoms with Gasteiger partial charge < -0.3 is 19.5 Å². The summed E-state index contributed by atoms with van der Waals surface area (Å²) < 4.78 is 51.1. The molecule has 1 fully saturated rings. The molecule has 1 amide bonds. The van der Waals surface area contributed by atoms with Crippen molar-refractivity contribution in [2.75, 3.05) is 20.2 Å². The summed E-state index contributed by atoms with van der Waals surface area (Å²) in [6.45, 7) is 1.03. The van der Waals surface area contributed by atoms with Gasteiger partial charge in [-0.25, -0.2) is 0 Å². The Labute approximate surface area is 197 Å². The molecular weight excluding hydrogens is 471 g/mol. The van der Waals surface area contributed by atoms with Gasteiger partial charge in [0, 0.05) is 13.1 Å². The van der Waals surface area contributed by atoms with E-state index in [1.54, 1.807) is 18.2 Å². The molecule has 0 saturated carbocycles. The molecule has 4 rings (SSSR count). The van der Waals surface area contributed by atoms with E-state index in [2.05, 4.69) is 4.99 Å². The van der Waals surface area contributed by atoms with Crippen LogP contribution in [0.4, 0.5) is 13.2 Å². The number of methoxy groups -OCH3 is 1. The number of rotatable bonds is 4. The van der Waals surface area contributed by atoms with Crippen LogP contribution < -0.4 is 9.47 Å². The summed E-state index contributed by atoms with van der Waals surface area (Å²) in [7, 11) is 1.35. The minimum absolute atomic E-state index is 0.0354. The Kier molecular flexibility index (Phi) is 6.54. The molecule has 176 valence electrons. The summed E-state index contributed by atoms with van der Waals surface area (Å²) in [5, 5.41) is 19.1. The Hall–Kier alpha value is -3.49. The van der Waals surface area contributed by atoms with Crippen molar-refractivity contribution in [3.63, 3.8) is 0 Å². The van der Waals surface area contributed by atoms with Crippen molar-refractivity contribution < 1.29 is 32.5 Å². The normalized spacial score (nSPS) is 19.4. The fraction of sp³-hybridized carbons (Fsp3) is 0.261. The molecule has 34 heavy (non-hydrogen) atoms. The fourth-order valence-electron chi connectivity index (χ4n) is 3.49. The fourth-order valence-corrected chi connectivity index (χ4v) is 4.44. The molecule has 1 unspecified atom stereocenters. The first kappa shape index (κ1) is 23.7. The summed E-state index contributed by atoms with van der Waals surface area (Å²) in [5.74, 6) is -0.685. The van der Waals surface area contributed by atoms with Gasteiger partial charge in [-0.2, -0.15) is 23.4 Å². The lowest BCUT2D eigenvalue weighted by molar-refractivity contribution is -0.138. The van der Waals surface area contributed by atoms with Gasteiger partial charge in [-0.1, -0.05) is 6.07 Å². The number of carbonyl (C=O) groups excluding carboxylic acids is 1. The number of hydrogen-bond donors (Lipinski definition) is 1. The highest BCUT2D eigenvalue weighted by Crippen LogP contribution is 2.41. The lowest BCUT2D eigenvalue weighted by atomic mass is 10.1. The van der Waals surface area contributed by atoms with Gasteiger partial charge in [0.1, 0.15) is 5.75 Å². The highest BCUT2D eigenvalue weighted by Gasteiger charge is 2.35. The van der Waals surface area contributed by atoms with Gasteiger partial charge in [0.15, 0.2) is 16.7 Å². The smallest absolute Gasteiger partial charge is 0.420 e. The molecule has 11 heteroatoms. The number of carbonyl (C=O) groups is 1. The first-order valence-corrected chi connectivity index (χ1v) is 10.9. The van der Waals surface area contributed by atoms with Crippen LogP contribution in [-0.2, 0) is 11.0 Å². The molecule has 1 saturated heterocycles. The van der Waals surface area contributed by atoms with Gasteiger partial charge in [-0.05, 0) is 60.2 Å². The second kappa shape index (κ2) is 9.40. The Bertz CT molecular complexity index is 1240. The van der Waals surface area contributed by atoms with Crippen LogP contribution in [0.2, 0.25) is 0 Å².